The summed E-state index contributed by atoms with van der Waals surface area (Å²) in [6.45, 7) is 1.49. The average Bonchev–Trinajstić information content (AvgIpc) is 3.30. The lowest BCUT2D eigenvalue weighted by atomic mass is 9.99. The first-order chi connectivity index (χ1) is 14.3. The van der Waals surface area contributed by atoms with E-state index in [1.165, 1.54) is 24.0 Å². The van der Waals surface area contributed by atoms with Crippen molar-refractivity contribution in [3.63, 3.8) is 0 Å². The van der Waals surface area contributed by atoms with Gasteiger partial charge in [0.15, 0.2) is 11.5 Å². The van der Waals surface area contributed by atoms with Gasteiger partial charge in [-0.05, 0) is 17.7 Å². The first kappa shape index (κ1) is 22.1. The average molecular weight is 442 g/mol. The molecule has 1 aromatic carbocycles. The number of hydrogen-bond acceptors (Lipinski definition) is 5. The highest BCUT2D eigenvalue weighted by Crippen LogP contribution is 2.36. The number of rotatable bonds is 6. The fraction of sp³-hybridized carbons (Fsp3) is 0.263. The van der Waals surface area contributed by atoms with Crippen LogP contribution in [-0.2, 0) is 18.6 Å². The number of ketones is 1. The lowest BCUT2D eigenvalue weighted by molar-refractivity contribution is -0.137. The van der Waals surface area contributed by atoms with Gasteiger partial charge in [0.1, 0.15) is 0 Å². The number of anilines is 1. The van der Waals surface area contributed by atoms with Gasteiger partial charge in [0.25, 0.3) is 11.8 Å². The summed E-state index contributed by atoms with van der Waals surface area (Å²) < 4.78 is 72.4. The number of alkyl halides is 5. The molecule has 0 atom stereocenters. The lowest BCUT2D eigenvalue weighted by Gasteiger charge is -2.18. The van der Waals surface area contributed by atoms with Crippen LogP contribution in [0.3, 0.4) is 0 Å². The highest BCUT2D eigenvalue weighted by Gasteiger charge is 2.35. The third-order valence-electron chi connectivity index (χ3n) is 4.22. The smallest absolute Gasteiger partial charge is 0.352 e. The van der Waals surface area contributed by atoms with Crippen LogP contribution in [0.25, 0.3) is 0 Å². The van der Waals surface area contributed by atoms with Gasteiger partial charge in [0, 0.05) is 31.7 Å². The number of Topliss-reactive ketones (excluding diaryl/α,β-unsaturated/α-hetero) is 1. The van der Waals surface area contributed by atoms with E-state index in [0.29, 0.717) is 19.1 Å². The number of benzene rings is 1. The highest BCUT2D eigenvalue weighted by atomic mass is 19.4. The molecule has 1 amide bonds. The molecule has 31 heavy (non-hydrogen) atoms. The van der Waals surface area contributed by atoms with Gasteiger partial charge in [-0.1, -0.05) is 11.2 Å². The Morgan fingerprint density at radius 1 is 1.16 bits per heavy atom. The number of nitrogens with zero attached hydrogens (tertiary/aromatic N) is 3. The Morgan fingerprint density at radius 2 is 1.87 bits per heavy atom. The number of halogens is 5. The Balaban J connectivity index is 1.79. The number of hydrogen-bond donors (Lipinski definition) is 1. The first-order valence-electron chi connectivity index (χ1n) is 8.74. The van der Waals surface area contributed by atoms with Gasteiger partial charge in [0.05, 0.1) is 24.0 Å². The fourth-order valence-corrected chi connectivity index (χ4v) is 2.73. The van der Waals surface area contributed by atoms with Crippen molar-refractivity contribution in [1.29, 1.82) is 0 Å². The minimum atomic E-state index is -4.76. The SMILES string of the molecule is CC(=O)c1cc(C(=O)Nc2cnn(Cc3ccc(C(F)(F)F)cc3C(C)(F)F)c2)no1. The third-order valence-corrected chi connectivity index (χ3v) is 4.22. The number of amides is 1. The lowest BCUT2D eigenvalue weighted by Crippen LogP contribution is -2.16. The van der Waals surface area contributed by atoms with E-state index in [1.807, 2.05) is 0 Å². The second-order valence-corrected chi connectivity index (χ2v) is 6.77. The Labute approximate surface area is 171 Å². The molecule has 0 saturated heterocycles. The Bertz CT molecular complexity index is 1130. The van der Waals surface area contributed by atoms with E-state index in [4.69, 9.17) is 4.52 Å². The Kier molecular flexibility index (Phi) is 5.66. The molecule has 3 rings (SSSR count). The van der Waals surface area contributed by atoms with Gasteiger partial charge >= 0.3 is 6.18 Å². The Hall–Kier alpha value is -3.57. The largest absolute Gasteiger partial charge is 0.416 e. The van der Waals surface area contributed by atoms with Gasteiger partial charge in [-0.25, -0.2) is 8.78 Å². The summed E-state index contributed by atoms with van der Waals surface area (Å²) in [6.07, 6.45) is -2.23. The number of nitrogens with one attached hydrogen (secondary N) is 1. The van der Waals surface area contributed by atoms with E-state index in [1.54, 1.807) is 0 Å². The molecule has 0 aliphatic carbocycles. The van der Waals surface area contributed by atoms with Crippen molar-refractivity contribution in [1.82, 2.24) is 14.9 Å². The van der Waals surface area contributed by atoms with Crippen molar-refractivity contribution < 1.29 is 36.1 Å². The monoisotopic (exact) mass is 442 g/mol. The third kappa shape index (κ3) is 5.13. The van der Waals surface area contributed by atoms with Crippen LogP contribution < -0.4 is 5.32 Å². The van der Waals surface area contributed by atoms with Gasteiger partial charge in [0.2, 0.25) is 5.76 Å². The zero-order chi connectivity index (χ0) is 23.0. The maximum absolute atomic E-state index is 13.9. The van der Waals surface area contributed by atoms with Crippen LogP contribution in [0.5, 0.6) is 0 Å². The van der Waals surface area contributed by atoms with Gasteiger partial charge in [-0.3, -0.25) is 14.3 Å². The first-order valence-corrected chi connectivity index (χ1v) is 8.74. The predicted octanol–water partition coefficient (Wildman–Crippen LogP) is 4.50. The second kappa shape index (κ2) is 7.93. The molecule has 0 fully saturated rings. The van der Waals surface area contributed by atoms with Crippen molar-refractivity contribution in [2.24, 2.45) is 0 Å². The van der Waals surface area contributed by atoms with Crippen molar-refractivity contribution in [2.45, 2.75) is 32.5 Å². The molecule has 164 valence electrons. The molecule has 2 heterocycles. The summed E-state index contributed by atoms with van der Waals surface area (Å²) in [5.74, 6) is -4.73. The molecular weight excluding hydrogens is 427 g/mol. The molecule has 0 radical (unpaired) electrons. The van der Waals surface area contributed by atoms with Crippen LogP contribution in [0.4, 0.5) is 27.6 Å². The summed E-state index contributed by atoms with van der Waals surface area (Å²) in [7, 11) is 0. The molecule has 12 heteroatoms. The zero-order valence-corrected chi connectivity index (χ0v) is 16.1. The fourth-order valence-electron chi connectivity index (χ4n) is 2.73. The molecule has 0 unspecified atom stereocenters. The number of carbonyl (C=O) groups excluding carboxylic acids is 2. The van der Waals surface area contributed by atoms with Crippen LogP contribution >= 0.6 is 0 Å². The van der Waals surface area contributed by atoms with E-state index < -0.39 is 34.9 Å². The summed E-state index contributed by atoms with van der Waals surface area (Å²) in [5, 5.41) is 9.82. The molecule has 0 spiro atoms. The minimum Gasteiger partial charge on any atom is -0.352 e. The predicted molar refractivity (Wildman–Crippen MR) is 96.8 cm³/mol. The van der Waals surface area contributed by atoms with Crippen molar-refractivity contribution >= 4 is 17.4 Å². The van der Waals surface area contributed by atoms with Crippen molar-refractivity contribution in [3.8, 4) is 0 Å². The van der Waals surface area contributed by atoms with Crippen LogP contribution in [0.1, 0.15) is 51.6 Å². The minimum absolute atomic E-state index is 0.0657. The molecule has 0 aliphatic rings. The Morgan fingerprint density at radius 3 is 2.45 bits per heavy atom. The normalized spacial score (nSPS) is 12.1. The summed E-state index contributed by atoms with van der Waals surface area (Å²) in [4.78, 5) is 23.3. The van der Waals surface area contributed by atoms with Crippen LogP contribution in [0.15, 0.2) is 41.2 Å². The topological polar surface area (TPSA) is 90.0 Å². The number of carbonyl (C=O) groups is 2. The molecule has 0 aliphatic heterocycles. The second-order valence-electron chi connectivity index (χ2n) is 6.77. The van der Waals surface area contributed by atoms with E-state index in [9.17, 15) is 31.5 Å². The summed E-state index contributed by atoms with van der Waals surface area (Å²) >= 11 is 0. The zero-order valence-electron chi connectivity index (χ0n) is 16.1. The molecule has 1 N–H and O–H groups in total. The summed E-state index contributed by atoms with van der Waals surface area (Å²) in [6, 6.07) is 3.25. The molecule has 3 aromatic rings. The molecule has 0 bridgehead atoms. The highest BCUT2D eigenvalue weighted by molar-refractivity contribution is 6.04. The number of aromatic nitrogens is 3. The molecule has 7 nitrogen and oxygen atoms in total. The maximum atomic E-state index is 13.9. The van der Waals surface area contributed by atoms with E-state index >= 15 is 0 Å². The van der Waals surface area contributed by atoms with Gasteiger partial charge in [-0.15, -0.1) is 0 Å². The van der Waals surface area contributed by atoms with E-state index in [-0.39, 0.29) is 29.2 Å². The van der Waals surface area contributed by atoms with Crippen molar-refractivity contribution in [2.75, 3.05) is 5.32 Å². The van der Waals surface area contributed by atoms with Gasteiger partial charge < -0.3 is 9.84 Å². The van der Waals surface area contributed by atoms with Crippen LogP contribution in [-0.4, -0.2) is 26.6 Å². The van der Waals surface area contributed by atoms with Gasteiger partial charge in [-0.2, -0.15) is 18.3 Å². The maximum Gasteiger partial charge on any atom is 0.416 e. The van der Waals surface area contributed by atoms with Crippen molar-refractivity contribution in [3.05, 3.63) is 64.8 Å². The van der Waals surface area contributed by atoms with E-state index in [0.717, 1.165) is 12.1 Å². The van der Waals surface area contributed by atoms with E-state index in [2.05, 4.69) is 15.6 Å². The standard InChI is InChI=1S/C19H15F5N4O3/c1-10(29)16-6-15(27-31-16)17(30)26-13-7-25-28(9-13)8-11-3-4-12(19(22,23)24)5-14(11)18(2,20)21/h3-7,9H,8H2,1-2H3,(H,26,30). The molecule has 2 aromatic heterocycles. The van der Waals surface area contributed by atoms with Crippen LogP contribution in [0, 0.1) is 0 Å². The van der Waals surface area contributed by atoms with Crippen LogP contribution in [0.2, 0.25) is 0 Å². The molecular formula is C19H15F5N4O3. The summed E-state index contributed by atoms with van der Waals surface area (Å²) in [5.41, 5.74) is -2.01. The molecule has 0 saturated carbocycles. The quantitative estimate of drug-likeness (QED) is 0.448.